The quantitative estimate of drug-likeness (QED) is 0.829. The van der Waals surface area contributed by atoms with Crippen molar-refractivity contribution >= 4 is 17.2 Å². The molecular weight excluding hydrogens is 346 g/mol. The van der Waals surface area contributed by atoms with E-state index in [1.54, 1.807) is 29.7 Å². The predicted octanol–water partition coefficient (Wildman–Crippen LogP) is 3.51. The van der Waals surface area contributed by atoms with Gasteiger partial charge in [-0.2, -0.15) is 5.26 Å². The summed E-state index contributed by atoms with van der Waals surface area (Å²) in [5.74, 6) is 0.708. The van der Waals surface area contributed by atoms with E-state index >= 15 is 0 Å². The van der Waals surface area contributed by atoms with Gasteiger partial charge >= 0.3 is 0 Å². The molecule has 1 atom stereocenters. The van der Waals surface area contributed by atoms with E-state index in [1.807, 2.05) is 11.0 Å². The van der Waals surface area contributed by atoms with Crippen LogP contribution in [0.3, 0.4) is 0 Å². The van der Waals surface area contributed by atoms with Crippen molar-refractivity contribution in [1.82, 2.24) is 9.88 Å². The van der Waals surface area contributed by atoms with Crippen LogP contribution in [0.2, 0.25) is 0 Å². The van der Waals surface area contributed by atoms with Crippen LogP contribution in [0, 0.1) is 11.3 Å². The molecule has 1 unspecified atom stereocenters. The fourth-order valence-corrected chi connectivity index (χ4v) is 5.10. The molecule has 1 saturated heterocycles. The van der Waals surface area contributed by atoms with E-state index in [-0.39, 0.29) is 17.4 Å². The SMILES string of the molecule is N#Cc1ccnc(OC2CCN(C(=O)C3(c4cccs4)CCCC3)C2)c1. The predicted molar refractivity (Wildman–Crippen MR) is 99.0 cm³/mol. The second-order valence-corrected chi connectivity index (χ2v) is 7.99. The molecule has 2 fully saturated rings. The van der Waals surface area contributed by atoms with Crippen LogP contribution in [0.1, 0.15) is 42.5 Å². The highest BCUT2D eigenvalue weighted by Crippen LogP contribution is 2.45. The molecule has 2 aliphatic rings. The van der Waals surface area contributed by atoms with Crippen LogP contribution in [0.4, 0.5) is 0 Å². The third-order valence-electron chi connectivity index (χ3n) is 5.44. The number of ether oxygens (including phenoxy) is 1. The lowest BCUT2D eigenvalue weighted by molar-refractivity contribution is -0.136. The summed E-state index contributed by atoms with van der Waals surface area (Å²) in [7, 11) is 0. The lowest BCUT2D eigenvalue weighted by Crippen LogP contribution is -2.44. The lowest BCUT2D eigenvalue weighted by atomic mass is 9.83. The Hall–Kier alpha value is -2.39. The molecule has 0 aromatic carbocycles. The van der Waals surface area contributed by atoms with E-state index in [4.69, 9.17) is 10.00 Å². The van der Waals surface area contributed by atoms with Gasteiger partial charge in [-0.15, -0.1) is 11.3 Å². The van der Waals surface area contributed by atoms with Gasteiger partial charge in [-0.1, -0.05) is 18.9 Å². The Morgan fingerprint density at radius 1 is 1.38 bits per heavy atom. The maximum Gasteiger partial charge on any atom is 0.234 e. The highest BCUT2D eigenvalue weighted by molar-refractivity contribution is 7.10. The van der Waals surface area contributed by atoms with Gasteiger partial charge in [0.15, 0.2) is 0 Å². The highest BCUT2D eigenvalue weighted by Gasteiger charge is 2.47. The van der Waals surface area contributed by atoms with Gasteiger partial charge in [0.1, 0.15) is 6.10 Å². The van der Waals surface area contributed by atoms with Crippen LogP contribution in [0.25, 0.3) is 0 Å². The van der Waals surface area contributed by atoms with Crippen molar-refractivity contribution in [1.29, 1.82) is 5.26 Å². The third kappa shape index (κ3) is 3.08. The molecular formula is C20H21N3O2S. The number of carbonyl (C=O) groups excluding carboxylic acids is 1. The van der Waals surface area contributed by atoms with Gasteiger partial charge in [-0.3, -0.25) is 4.79 Å². The summed E-state index contributed by atoms with van der Waals surface area (Å²) < 4.78 is 5.93. The fraction of sp³-hybridized carbons (Fsp3) is 0.450. The van der Waals surface area contributed by atoms with E-state index in [2.05, 4.69) is 22.5 Å². The zero-order valence-electron chi connectivity index (χ0n) is 14.6. The maximum absolute atomic E-state index is 13.4. The Kier molecular flexibility index (Phi) is 4.64. The first-order valence-electron chi connectivity index (χ1n) is 9.07. The van der Waals surface area contributed by atoms with Gasteiger partial charge < -0.3 is 9.64 Å². The molecule has 3 heterocycles. The zero-order valence-corrected chi connectivity index (χ0v) is 15.4. The molecule has 1 aliphatic heterocycles. The molecule has 0 radical (unpaired) electrons. The number of rotatable bonds is 4. The zero-order chi connectivity index (χ0) is 18.0. The minimum atomic E-state index is -0.331. The summed E-state index contributed by atoms with van der Waals surface area (Å²) in [6.07, 6.45) is 6.42. The summed E-state index contributed by atoms with van der Waals surface area (Å²) in [5.41, 5.74) is 0.200. The first-order valence-corrected chi connectivity index (χ1v) is 9.95. The molecule has 134 valence electrons. The minimum Gasteiger partial charge on any atom is -0.472 e. The Morgan fingerprint density at radius 2 is 2.23 bits per heavy atom. The van der Waals surface area contributed by atoms with E-state index in [0.717, 1.165) is 32.1 Å². The van der Waals surface area contributed by atoms with Crippen LogP contribution >= 0.6 is 11.3 Å². The summed E-state index contributed by atoms with van der Waals surface area (Å²) in [6.45, 7) is 1.30. The number of carbonyl (C=O) groups is 1. The average molecular weight is 367 g/mol. The van der Waals surface area contributed by atoms with Crippen LogP contribution in [-0.2, 0) is 10.2 Å². The van der Waals surface area contributed by atoms with Crippen LogP contribution in [0.5, 0.6) is 5.88 Å². The smallest absolute Gasteiger partial charge is 0.234 e. The minimum absolute atomic E-state index is 0.0674. The molecule has 1 aliphatic carbocycles. The molecule has 26 heavy (non-hydrogen) atoms. The second kappa shape index (κ2) is 7.08. The third-order valence-corrected chi connectivity index (χ3v) is 6.52. The van der Waals surface area contributed by atoms with E-state index in [1.165, 1.54) is 4.88 Å². The number of thiophene rings is 1. The van der Waals surface area contributed by atoms with Crippen molar-refractivity contribution in [2.24, 2.45) is 0 Å². The molecule has 5 nitrogen and oxygen atoms in total. The molecule has 2 aromatic rings. The van der Waals surface area contributed by atoms with Gasteiger partial charge in [-0.25, -0.2) is 4.98 Å². The second-order valence-electron chi connectivity index (χ2n) is 7.04. The summed E-state index contributed by atoms with van der Waals surface area (Å²) in [5, 5.41) is 11.1. The van der Waals surface area contributed by atoms with Gasteiger partial charge in [0.05, 0.1) is 23.6 Å². The van der Waals surface area contributed by atoms with Crippen molar-refractivity contribution in [3.63, 3.8) is 0 Å². The van der Waals surface area contributed by atoms with Crippen molar-refractivity contribution in [2.45, 2.75) is 43.6 Å². The Bertz CT molecular complexity index is 822. The Morgan fingerprint density at radius 3 is 2.96 bits per heavy atom. The van der Waals surface area contributed by atoms with Gasteiger partial charge in [-0.05, 0) is 30.4 Å². The van der Waals surface area contributed by atoms with Crippen LogP contribution in [-0.4, -0.2) is 35.0 Å². The number of hydrogen-bond acceptors (Lipinski definition) is 5. The van der Waals surface area contributed by atoms with E-state index in [9.17, 15) is 4.79 Å². The number of amides is 1. The molecule has 4 rings (SSSR count). The first kappa shape index (κ1) is 17.0. The number of nitrogens with zero attached hydrogens (tertiary/aromatic N) is 3. The van der Waals surface area contributed by atoms with Gasteiger partial charge in [0.25, 0.3) is 0 Å². The van der Waals surface area contributed by atoms with Crippen LogP contribution < -0.4 is 4.74 Å². The molecule has 0 spiro atoms. The topological polar surface area (TPSA) is 66.2 Å². The molecule has 1 saturated carbocycles. The summed E-state index contributed by atoms with van der Waals surface area (Å²) in [6, 6.07) is 9.54. The molecule has 6 heteroatoms. The fourth-order valence-electron chi connectivity index (χ4n) is 4.12. The van der Waals surface area contributed by atoms with Crippen molar-refractivity contribution < 1.29 is 9.53 Å². The molecule has 0 bridgehead atoms. The first-order chi connectivity index (χ1) is 12.7. The standard InChI is InChI=1S/C20H21N3O2S/c21-13-15-5-9-22-18(12-15)25-16-6-10-23(14-16)19(24)20(7-1-2-8-20)17-4-3-11-26-17/h3-5,9,11-12,16H,1-2,6-8,10,14H2. The molecule has 2 aromatic heterocycles. The Balaban J connectivity index is 1.46. The number of aromatic nitrogens is 1. The summed E-state index contributed by atoms with van der Waals surface area (Å²) >= 11 is 1.69. The van der Waals surface area contributed by atoms with Crippen molar-refractivity contribution in [2.75, 3.05) is 13.1 Å². The molecule has 0 N–H and O–H groups in total. The van der Waals surface area contributed by atoms with Crippen molar-refractivity contribution in [3.05, 3.63) is 46.3 Å². The van der Waals surface area contributed by atoms with Gasteiger partial charge in [0, 0.05) is 30.1 Å². The monoisotopic (exact) mass is 367 g/mol. The largest absolute Gasteiger partial charge is 0.472 e. The molecule has 1 amide bonds. The highest BCUT2D eigenvalue weighted by atomic mass is 32.1. The average Bonchev–Trinajstić information content (AvgIpc) is 3.42. The Labute approximate surface area is 157 Å². The number of pyridine rings is 1. The normalized spacial score (nSPS) is 21.5. The van der Waals surface area contributed by atoms with Crippen LogP contribution in [0.15, 0.2) is 35.8 Å². The van der Waals surface area contributed by atoms with Crippen molar-refractivity contribution in [3.8, 4) is 11.9 Å². The number of hydrogen-bond donors (Lipinski definition) is 0. The summed E-state index contributed by atoms with van der Waals surface area (Å²) in [4.78, 5) is 20.7. The van der Waals surface area contributed by atoms with E-state index < -0.39 is 0 Å². The number of nitriles is 1. The van der Waals surface area contributed by atoms with Gasteiger partial charge in [0.2, 0.25) is 11.8 Å². The van der Waals surface area contributed by atoms with E-state index in [0.29, 0.717) is 24.5 Å². The number of likely N-dealkylation sites (tertiary alicyclic amines) is 1. The maximum atomic E-state index is 13.4. The lowest BCUT2D eigenvalue weighted by Gasteiger charge is -2.31.